The first-order valence-electron chi connectivity index (χ1n) is 3.21. The summed E-state index contributed by atoms with van der Waals surface area (Å²) in [7, 11) is 0. The van der Waals surface area contributed by atoms with E-state index in [0.29, 0.717) is 6.42 Å². The average molecular weight is 137 g/mol. The fraction of sp³-hybridized carbons (Fsp3) is 0.375. The van der Waals surface area contributed by atoms with Crippen molar-refractivity contribution in [3.63, 3.8) is 0 Å². The average Bonchev–Trinajstić information content (AvgIpc) is 1.97. The van der Waals surface area contributed by atoms with Crippen molar-refractivity contribution < 1.29 is 5.11 Å². The maximum atomic E-state index is 8.30. The molecule has 0 heterocycles. The molecule has 2 heteroatoms. The number of aliphatic hydroxyl groups is 1. The molecule has 0 fully saturated rings. The third kappa shape index (κ3) is 6.93. The summed E-state index contributed by atoms with van der Waals surface area (Å²) in [5, 5.41) is 16.4. The van der Waals surface area contributed by atoms with Gasteiger partial charge in [-0.25, -0.2) is 0 Å². The molecule has 0 saturated carbocycles. The number of rotatable bonds is 4. The molecule has 0 radical (unpaired) electrons. The molecule has 0 saturated heterocycles. The van der Waals surface area contributed by atoms with Crippen molar-refractivity contribution >= 4 is 0 Å². The highest BCUT2D eigenvalue weighted by molar-refractivity contribution is 5.02. The fourth-order valence-electron chi connectivity index (χ4n) is 0.462. The summed E-state index contributed by atoms with van der Waals surface area (Å²) >= 11 is 0. The van der Waals surface area contributed by atoms with Gasteiger partial charge in [-0.2, -0.15) is 5.26 Å². The molecule has 0 amide bonds. The Labute approximate surface area is 61.1 Å². The van der Waals surface area contributed by atoms with Crippen LogP contribution in [0.25, 0.3) is 0 Å². The summed E-state index contributed by atoms with van der Waals surface area (Å²) in [5.41, 5.74) is 0. The van der Waals surface area contributed by atoms with Crippen molar-refractivity contribution in [3.05, 3.63) is 24.3 Å². The molecule has 0 spiro atoms. The number of allylic oxidation sites excluding steroid dienone is 3. The Morgan fingerprint density at radius 3 is 2.60 bits per heavy atom. The first kappa shape index (κ1) is 8.93. The highest BCUT2D eigenvalue weighted by Crippen LogP contribution is 1.88. The van der Waals surface area contributed by atoms with Crippen LogP contribution in [0.4, 0.5) is 0 Å². The molecule has 0 aromatic heterocycles. The van der Waals surface area contributed by atoms with E-state index in [9.17, 15) is 0 Å². The van der Waals surface area contributed by atoms with Gasteiger partial charge < -0.3 is 5.11 Å². The van der Waals surface area contributed by atoms with E-state index < -0.39 is 0 Å². The van der Waals surface area contributed by atoms with Crippen molar-refractivity contribution in [2.45, 2.75) is 12.8 Å². The molecule has 0 aliphatic rings. The zero-order valence-corrected chi connectivity index (χ0v) is 5.83. The number of hydrogen-bond acceptors (Lipinski definition) is 2. The first-order chi connectivity index (χ1) is 4.91. The van der Waals surface area contributed by atoms with Gasteiger partial charge >= 0.3 is 0 Å². The second-order valence-electron chi connectivity index (χ2n) is 1.74. The van der Waals surface area contributed by atoms with Gasteiger partial charge in [-0.3, -0.25) is 0 Å². The van der Waals surface area contributed by atoms with Crippen LogP contribution >= 0.6 is 0 Å². The standard InChI is InChI=1S/C8H11NO/c9-7-5-3-1-2-4-6-8-10/h1-2,4,6,10H,3,5,8H2/b2-1-,6-4+. The van der Waals surface area contributed by atoms with Crippen molar-refractivity contribution in [1.29, 1.82) is 5.26 Å². The predicted octanol–water partition coefficient (Wildman–Crippen LogP) is 1.39. The maximum Gasteiger partial charge on any atom is 0.0625 e. The Balaban J connectivity index is 3.22. The lowest BCUT2D eigenvalue weighted by Gasteiger charge is -1.78. The number of hydrogen-bond donors (Lipinski definition) is 1. The Morgan fingerprint density at radius 2 is 2.00 bits per heavy atom. The molecule has 0 aliphatic heterocycles. The van der Waals surface area contributed by atoms with Crippen LogP contribution in [0.2, 0.25) is 0 Å². The third-order valence-electron chi connectivity index (χ3n) is 0.911. The van der Waals surface area contributed by atoms with E-state index in [0.717, 1.165) is 6.42 Å². The zero-order chi connectivity index (χ0) is 7.66. The zero-order valence-electron chi connectivity index (χ0n) is 5.83. The number of aliphatic hydroxyl groups excluding tert-OH is 1. The molecule has 0 aliphatic carbocycles. The van der Waals surface area contributed by atoms with Gasteiger partial charge in [0.25, 0.3) is 0 Å². The minimum atomic E-state index is 0.0720. The molecule has 0 rings (SSSR count). The van der Waals surface area contributed by atoms with Crippen molar-refractivity contribution in [3.8, 4) is 6.07 Å². The third-order valence-corrected chi connectivity index (χ3v) is 0.911. The first-order valence-corrected chi connectivity index (χ1v) is 3.21. The van der Waals surface area contributed by atoms with Gasteiger partial charge in [-0.15, -0.1) is 0 Å². The molecular weight excluding hydrogens is 126 g/mol. The van der Waals surface area contributed by atoms with Gasteiger partial charge in [-0.1, -0.05) is 24.3 Å². The van der Waals surface area contributed by atoms with Gasteiger partial charge in [0.2, 0.25) is 0 Å². The minimum absolute atomic E-state index is 0.0720. The fourth-order valence-corrected chi connectivity index (χ4v) is 0.462. The van der Waals surface area contributed by atoms with Gasteiger partial charge in [-0.05, 0) is 6.42 Å². The molecule has 54 valence electrons. The van der Waals surface area contributed by atoms with E-state index in [2.05, 4.69) is 0 Å². The van der Waals surface area contributed by atoms with Crippen LogP contribution in [0.1, 0.15) is 12.8 Å². The quantitative estimate of drug-likeness (QED) is 0.470. The Morgan fingerprint density at radius 1 is 1.30 bits per heavy atom. The molecule has 1 N–H and O–H groups in total. The van der Waals surface area contributed by atoms with Crippen molar-refractivity contribution in [2.75, 3.05) is 6.61 Å². The van der Waals surface area contributed by atoms with Crippen LogP contribution in [0.5, 0.6) is 0 Å². The number of unbranched alkanes of at least 4 members (excludes halogenated alkanes) is 1. The van der Waals surface area contributed by atoms with Gasteiger partial charge in [0.15, 0.2) is 0 Å². The van der Waals surface area contributed by atoms with Gasteiger partial charge in [0, 0.05) is 6.42 Å². The highest BCUT2D eigenvalue weighted by atomic mass is 16.2. The summed E-state index contributed by atoms with van der Waals surface area (Å²) in [4.78, 5) is 0. The van der Waals surface area contributed by atoms with Crippen LogP contribution in [0.15, 0.2) is 24.3 Å². The molecule has 0 aromatic carbocycles. The predicted molar refractivity (Wildman–Crippen MR) is 40.2 cm³/mol. The minimum Gasteiger partial charge on any atom is -0.392 e. The van der Waals surface area contributed by atoms with E-state index in [1.807, 2.05) is 18.2 Å². The Kier molecular flexibility index (Phi) is 7.08. The number of nitriles is 1. The molecule has 0 aromatic rings. The van der Waals surface area contributed by atoms with E-state index in [1.54, 1.807) is 12.2 Å². The second kappa shape index (κ2) is 7.93. The van der Waals surface area contributed by atoms with Gasteiger partial charge in [0.1, 0.15) is 0 Å². The Hall–Kier alpha value is -1.07. The van der Waals surface area contributed by atoms with Crippen LogP contribution < -0.4 is 0 Å². The van der Waals surface area contributed by atoms with Crippen LogP contribution in [0, 0.1) is 11.3 Å². The summed E-state index contributed by atoms with van der Waals surface area (Å²) < 4.78 is 0. The number of nitrogens with zero attached hydrogens (tertiary/aromatic N) is 1. The Bertz CT molecular complexity index is 153. The highest BCUT2D eigenvalue weighted by Gasteiger charge is 1.73. The summed E-state index contributed by atoms with van der Waals surface area (Å²) in [6.45, 7) is 0.0720. The molecule has 0 unspecified atom stereocenters. The summed E-state index contributed by atoms with van der Waals surface area (Å²) in [6.07, 6.45) is 8.47. The molecule has 0 bridgehead atoms. The van der Waals surface area contributed by atoms with Crippen molar-refractivity contribution in [1.82, 2.24) is 0 Å². The van der Waals surface area contributed by atoms with E-state index >= 15 is 0 Å². The largest absolute Gasteiger partial charge is 0.392 e. The molecule has 10 heavy (non-hydrogen) atoms. The van der Waals surface area contributed by atoms with Gasteiger partial charge in [0.05, 0.1) is 12.7 Å². The molecular formula is C8H11NO. The van der Waals surface area contributed by atoms with Crippen LogP contribution in [0.3, 0.4) is 0 Å². The lowest BCUT2D eigenvalue weighted by molar-refractivity contribution is 0.343. The SMILES string of the molecule is N#CCC/C=C\C=C\CO. The van der Waals surface area contributed by atoms with E-state index in [1.165, 1.54) is 0 Å². The summed E-state index contributed by atoms with van der Waals surface area (Å²) in [5.74, 6) is 0. The molecule has 2 nitrogen and oxygen atoms in total. The van der Waals surface area contributed by atoms with Crippen molar-refractivity contribution in [2.24, 2.45) is 0 Å². The topological polar surface area (TPSA) is 44.0 Å². The second-order valence-corrected chi connectivity index (χ2v) is 1.74. The van der Waals surface area contributed by atoms with E-state index in [4.69, 9.17) is 10.4 Å². The molecule has 0 atom stereocenters. The normalized spacial score (nSPS) is 10.8. The summed E-state index contributed by atoms with van der Waals surface area (Å²) in [6, 6.07) is 2.03. The lowest BCUT2D eigenvalue weighted by Crippen LogP contribution is -1.68. The lowest BCUT2D eigenvalue weighted by atomic mass is 10.3. The van der Waals surface area contributed by atoms with Crippen LogP contribution in [-0.2, 0) is 0 Å². The monoisotopic (exact) mass is 137 g/mol. The smallest absolute Gasteiger partial charge is 0.0625 e. The van der Waals surface area contributed by atoms with E-state index in [-0.39, 0.29) is 6.61 Å². The van der Waals surface area contributed by atoms with Crippen LogP contribution in [-0.4, -0.2) is 11.7 Å². The maximum absolute atomic E-state index is 8.30.